The van der Waals surface area contributed by atoms with Gasteiger partial charge in [-0.1, -0.05) is 41.9 Å². The minimum Gasteiger partial charge on any atom is -0.492 e. The van der Waals surface area contributed by atoms with Crippen LogP contribution < -0.4 is 14.8 Å². The SMILES string of the molecule is CCOCCCNC(=O)C(Cc1ccccc1)NS(=O)(=O)c1cc(Cl)ccc1OCC. The molecule has 1 atom stereocenters. The normalized spacial score (nSPS) is 12.4. The maximum Gasteiger partial charge on any atom is 0.245 e. The fourth-order valence-electron chi connectivity index (χ4n) is 2.91. The summed E-state index contributed by atoms with van der Waals surface area (Å²) < 4.78 is 39.5. The lowest BCUT2D eigenvalue weighted by Gasteiger charge is -2.20. The molecule has 2 rings (SSSR count). The van der Waals surface area contributed by atoms with Gasteiger partial charge in [0.05, 0.1) is 6.61 Å². The molecule has 0 aliphatic carbocycles. The van der Waals surface area contributed by atoms with E-state index < -0.39 is 22.0 Å². The summed E-state index contributed by atoms with van der Waals surface area (Å²) in [5, 5.41) is 3.04. The summed E-state index contributed by atoms with van der Waals surface area (Å²) in [6, 6.07) is 12.6. The fraction of sp³-hybridized carbons (Fsp3) is 0.409. The summed E-state index contributed by atoms with van der Waals surface area (Å²) in [5.41, 5.74) is 0.829. The number of carbonyl (C=O) groups is 1. The molecule has 9 heteroatoms. The Morgan fingerprint density at radius 2 is 1.84 bits per heavy atom. The summed E-state index contributed by atoms with van der Waals surface area (Å²) in [7, 11) is -4.08. The van der Waals surface area contributed by atoms with Crippen molar-refractivity contribution < 1.29 is 22.7 Å². The van der Waals surface area contributed by atoms with Crippen LogP contribution in [0.1, 0.15) is 25.8 Å². The van der Waals surface area contributed by atoms with Crippen molar-refractivity contribution in [2.24, 2.45) is 0 Å². The minimum atomic E-state index is -4.08. The van der Waals surface area contributed by atoms with Gasteiger partial charge in [0, 0.05) is 24.8 Å². The van der Waals surface area contributed by atoms with Crippen molar-refractivity contribution in [2.45, 2.75) is 37.6 Å². The average molecular weight is 469 g/mol. The lowest BCUT2D eigenvalue weighted by Crippen LogP contribution is -2.48. The van der Waals surface area contributed by atoms with Gasteiger partial charge in [0.15, 0.2) is 0 Å². The van der Waals surface area contributed by atoms with Crippen LogP contribution >= 0.6 is 11.6 Å². The van der Waals surface area contributed by atoms with Crippen molar-refractivity contribution >= 4 is 27.5 Å². The van der Waals surface area contributed by atoms with Crippen LogP contribution in [0, 0.1) is 0 Å². The number of nitrogens with one attached hydrogen (secondary N) is 2. The minimum absolute atomic E-state index is 0.107. The molecule has 1 amide bonds. The fourth-order valence-corrected chi connectivity index (χ4v) is 4.51. The van der Waals surface area contributed by atoms with Crippen LogP contribution in [-0.2, 0) is 26.0 Å². The van der Waals surface area contributed by atoms with Crippen molar-refractivity contribution in [2.75, 3.05) is 26.4 Å². The van der Waals surface area contributed by atoms with Crippen molar-refractivity contribution in [3.8, 4) is 5.75 Å². The Morgan fingerprint density at radius 3 is 2.52 bits per heavy atom. The van der Waals surface area contributed by atoms with Crippen molar-refractivity contribution in [1.82, 2.24) is 10.0 Å². The number of ether oxygens (including phenoxy) is 2. The van der Waals surface area contributed by atoms with Gasteiger partial charge in [-0.2, -0.15) is 4.72 Å². The van der Waals surface area contributed by atoms with Gasteiger partial charge >= 0.3 is 0 Å². The first-order valence-corrected chi connectivity index (χ1v) is 12.1. The van der Waals surface area contributed by atoms with E-state index in [1.165, 1.54) is 12.1 Å². The lowest BCUT2D eigenvalue weighted by atomic mass is 10.1. The van der Waals surface area contributed by atoms with Crippen LogP contribution in [0.3, 0.4) is 0 Å². The maximum atomic E-state index is 13.2. The Hall–Kier alpha value is -2.13. The molecule has 2 N–H and O–H groups in total. The molecule has 0 spiro atoms. The van der Waals surface area contributed by atoms with Crippen LogP contribution in [0.5, 0.6) is 5.75 Å². The van der Waals surface area contributed by atoms with E-state index in [1.807, 2.05) is 37.3 Å². The van der Waals surface area contributed by atoms with Gasteiger partial charge in [-0.25, -0.2) is 8.42 Å². The Balaban J connectivity index is 2.23. The van der Waals surface area contributed by atoms with Crippen LogP contribution in [-0.4, -0.2) is 46.7 Å². The van der Waals surface area contributed by atoms with Crippen molar-refractivity contribution in [1.29, 1.82) is 0 Å². The zero-order valence-corrected chi connectivity index (χ0v) is 19.3. The largest absolute Gasteiger partial charge is 0.492 e. The Morgan fingerprint density at radius 1 is 1.10 bits per heavy atom. The van der Waals surface area contributed by atoms with Crippen LogP contribution in [0.2, 0.25) is 5.02 Å². The first kappa shape index (κ1) is 25.1. The molecular formula is C22H29ClN2O5S. The predicted octanol–water partition coefficient (Wildman–Crippen LogP) is 3.17. The molecule has 0 bridgehead atoms. The second kappa shape index (κ2) is 12.7. The third-order valence-corrected chi connectivity index (χ3v) is 6.09. The van der Waals surface area contributed by atoms with E-state index in [0.29, 0.717) is 26.2 Å². The Labute approximate surface area is 189 Å². The van der Waals surface area contributed by atoms with Gasteiger partial charge in [-0.05, 0) is 50.5 Å². The molecule has 170 valence electrons. The molecule has 0 aromatic heterocycles. The number of hydrogen-bond acceptors (Lipinski definition) is 5. The highest BCUT2D eigenvalue weighted by Gasteiger charge is 2.28. The summed E-state index contributed by atoms with van der Waals surface area (Å²) >= 11 is 6.02. The van der Waals surface area contributed by atoms with Gasteiger partial charge in [0.1, 0.15) is 16.7 Å². The van der Waals surface area contributed by atoms with E-state index in [-0.39, 0.29) is 28.7 Å². The molecular weight excluding hydrogens is 440 g/mol. The van der Waals surface area contributed by atoms with E-state index in [0.717, 1.165) is 5.56 Å². The summed E-state index contributed by atoms with van der Waals surface area (Å²) in [6.07, 6.45) is 0.828. The van der Waals surface area contributed by atoms with E-state index in [9.17, 15) is 13.2 Å². The van der Waals surface area contributed by atoms with E-state index in [1.54, 1.807) is 13.0 Å². The molecule has 7 nitrogen and oxygen atoms in total. The lowest BCUT2D eigenvalue weighted by molar-refractivity contribution is -0.122. The molecule has 0 saturated carbocycles. The quantitative estimate of drug-likeness (QED) is 0.440. The van der Waals surface area contributed by atoms with Gasteiger partial charge < -0.3 is 14.8 Å². The average Bonchev–Trinajstić information content (AvgIpc) is 2.75. The highest BCUT2D eigenvalue weighted by atomic mass is 35.5. The summed E-state index contributed by atoms with van der Waals surface area (Å²) in [4.78, 5) is 12.7. The summed E-state index contributed by atoms with van der Waals surface area (Å²) in [6.45, 7) is 5.45. The van der Waals surface area contributed by atoms with Gasteiger partial charge in [0.2, 0.25) is 15.9 Å². The predicted molar refractivity (Wildman–Crippen MR) is 121 cm³/mol. The first-order chi connectivity index (χ1) is 14.9. The van der Waals surface area contributed by atoms with Crippen molar-refractivity contribution in [3.63, 3.8) is 0 Å². The zero-order valence-electron chi connectivity index (χ0n) is 17.8. The number of carbonyl (C=O) groups excluding carboxylic acids is 1. The van der Waals surface area contributed by atoms with E-state index >= 15 is 0 Å². The Bertz CT molecular complexity index is 938. The second-order valence-corrected chi connectivity index (χ2v) is 8.85. The number of hydrogen-bond donors (Lipinski definition) is 2. The molecule has 0 heterocycles. The molecule has 0 aliphatic heterocycles. The number of sulfonamides is 1. The zero-order chi connectivity index (χ0) is 22.7. The van der Waals surface area contributed by atoms with Gasteiger partial charge in [-0.15, -0.1) is 0 Å². The third kappa shape index (κ3) is 8.14. The Kier molecular flexibility index (Phi) is 10.3. The van der Waals surface area contributed by atoms with Crippen LogP contribution in [0.25, 0.3) is 0 Å². The molecule has 2 aromatic carbocycles. The standard InChI is InChI=1S/C22H29ClN2O5S/c1-3-29-14-8-13-24-22(26)19(15-17-9-6-5-7-10-17)25-31(27,28)21-16-18(23)11-12-20(21)30-4-2/h5-7,9-12,16,19,25H,3-4,8,13-15H2,1-2H3,(H,24,26). The maximum absolute atomic E-state index is 13.2. The third-order valence-electron chi connectivity index (χ3n) is 4.36. The van der Waals surface area contributed by atoms with Crippen molar-refractivity contribution in [3.05, 3.63) is 59.1 Å². The molecule has 2 aromatic rings. The number of amides is 1. The first-order valence-electron chi connectivity index (χ1n) is 10.2. The van der Waals surface area contributed by atoms with Crippen LogP contribution in [0.15, 0.2) is 53.4 Å². The molecule has 1 unspecified atom stereocenters. The van der Waals surface area contributed by atoms with Gasteiger partial charge in [0.25, 0.3) is 0 Å². The second-order valence-electron chi connectivity index (χ2n) is 6.73. The number of benzene rings is 2. The monoisotopic (exact) mass is 468 g/mol. The number of rotatable bonds is 13. The number of halogens is 1. The molecule has 0 radical (unpaired) electrons. The highest BCUT2D eigenvalue weighted by Crippen LogP contribution is 2.27. The topological polar surface area (TPSA) is 93.7 Å². The van der Waals surface area contributed by atoms with Crippen LogP contribution in [0.4, 0.5) is 0 Å². The van der Waals surface area contributed by atoms with Gasteiger partial charge in [-0.3, -0.25) is 4.79 Å². The molecule has 31 heavy (non-hydrogen) atoms. The van der Waals surface area contributed by atoms with E-state index in [2.05, 4.69) is 10.0 Å². The smallest absolute Gasteiger partial charge is 0.245 e. The van der Waals surface area contributed by atoms with E-state index in [4.69, 9.17) is 21.1 Å². The molecule has 0 aliphatic rings. The summed E-state index contributed by atoms with van der Waals surface area (Å²) in [5.74, 6) is -0.237. The molecule has 0 saturated heterocycles. The highest BCUT2D eigenvalue weighted by molar-refractivity contribution is 7.89. The molecule has 0 fully saturated rings.